The second kappa shape index (κ2) is 11.8. The molecule has 0 aliphatic carbocycles. The fourth-order valence-electron chi connectivity index (χ4n) is 8.82. The molecule has 11 rings (SSSR count). The molecular formula is C50H29N5. The van der Waals surface area contributed by atoms with Crippen LogP contribution >= 0.6 is 0 Å². The molecule has 0 saturated carbocycles. The molecule has 0 amide bonds. The Hall–Kier alpha value is -7.86. The molecule has 3 heterocycles. The quantitative estimate of drug-likeness (QED) is 0.184. The molecule has 0 fully saturated rings. The van der Waals surface area contributed by atoms with Gasteiger partial charge in [0.25, 0.3) is 0 Å². The lowest BCUT2D eigenvalue weighted by Gasteiger charge is -2.16. The van der Waals surface area contributed by atoms with Crippen LogP contribution in [0.15, 0.2) is 176 Å². The number of rotatable bonds is 4. The van der Waals surface area contributed by atoms with E-state index in [0.29, 0.717) is 11.1 Å². The van der Waals surface area contributed by atoms with Gasteiger partial charge in [0.1, 0.15) is 0 Å². The lowest BCUT2D eigenvalue weighted by atomic mass is 10.00. The van der Waals surface area contributed by atoms with Gasteiger partial charge < -0.3 is 13.7 Å². The van der Waals surface area contributed by atoms with Gasteiger partial charge in [0.15, 0.2) is 0 Å². The Balaban J connectivity index is 1.18. The van der Waals surface area contributed by atoms with Crippen LogP contribution in [0.3, 0.4) is 0 Å². The Bertz CT molecular complexity index is 3420. The topological polar surface area (TPSA) is 62.4 Å². The standard InChI is InChI=1S/C50H29N5/c51-30-32-26-34(37-13-1-6-18-43(37)55-47-22-10-5-17-42(47)50-33(31-52)12-11-23-48(50)55)28-36(27-32)54-46-21-9-4-16-40(46)41-25-24-35(29-49(41)54)53-44-19-7-2-14-38(44)39-15-3-8-20-45(39)53/h1-29H. The van der Waals surface area contributed by atoms with Gasteiger partial charge in [-0.05, 0) is 78.4 Å². The van der Waals surface area contributed by atoms with Crippen molar-refractivity contribution in [2.24, 2.45) is 0 Å². The molecule has 0 aliphatic heterocycles. The van der Waals surface area contributed by atoms with Crippen LogP contribution in [-0.4, -0.2) is 13.7 Å². The number of benzene rings is 8. The zero-order valence-electron chi connectivity index (χ0n) is 29.5. The average Bonchev–Trinajstić information content (AvgIpc) is 3.89. The van der Waals surface area contributed by atoms with E-state index in [1.165, 1.54) is 10.8 Å². The zero-order valence-corrected chi connectivity index (χ0v) is 29.5. The van der Waals surface area contributed by atoms with Crippen LogP contribution in [0.1, 0.15) is 11.1 Å². The fourth-order valence-corrected chi connectivity index (χ4v) is 8.82. The third-order valence-electron chi connectivity index (χ3n) is 11.1. The highest BCUT2D eigenvalue weighted by Gasteiger charge is 2.20. The van der Waals surface area contributed by atoms with Crippen molar-refractivity contribution in [1.29, 1.82) is 10.5 Å². The van der Waals surface area contributed by atoms with Gasteiger partial charge in [-0.15, -0.1) is 0 Å². The Labute approximate surface area is 316 Å². The molecule has 0 aliphatic rings. The zero-order chi connectivity index (χ0) is 36.6. The van der Waals surface area contributed by atoms with E-state index in [2.05, 4.69) is 153 Å². The van der Waals surface area contributed by atoms with Gasteiger partial charge in [-0.2, -0.15) is 10.5 Å². The Kier molecular flexibility index (Phi) is 6.61. The third kappa shape index (κ3) is 4.45. The van der Waals surface area contributed by atoms with E-state index in [9.17, 15) is 10.5 Å². The first kappa shape index (κ1) is 30.7. The van der Waals surface area contributed by atoms with Crippen LogP contribution < -0.4 is 0 Å². The van der Waals surface area contributed by atoms with Crippen LogP contribution in [0.2, 0.25) is 0 Å². The van der Waals surface area contributed by atoms with E-state index in [1.54, 1.807) is 0 Å². The van der Waals surface area contributed by atoms with Crippen LogP contribution in [0.5, 0.6) is 0 Å². The van der Waals surface area contributed by atoms with Gasteiger partial charge in [0.05, 0.1) is 62.1 Å². The molecule has 8 aromatic carbocycles. The molecule has 0 saturated heterocycles. The van der Waals surface area contributed by atoms with Crippen molar-refractivity contribution >= 4 is 65.4 Å². The Morgan fingerprint density at radius 2 is 0.909 bits per heavy atom. The average molecular weight is 700 g/mol. The largest absolute Gasteiger partial charge is 0.309 e. The maximum absolute atomic E-state index is 10.5. The number of nitrogens with zero attached hydrogens (tertiary/aromatic N) is 5. The van der Waals surface area contributed by atoms with Gasteiger partial charge in [0.2, 0.25) is 0 Å². The van der Waals surface area contributed by atoms with E-state index in [-0.39, 0.29) is 0 Å². The van der Waals surface area contributed by atoms with Gasteiger partial charge >= 0.3 is 0 Å². The minimum Gasteiger partial charge on any atom is -0.309 e. The summed E-state index contributed by atoms with van der Waals surface area (Å²) in [5.41, 5.74) is 12.5. The number of para-hydroxylation sites is 5. The summed E-state index contributed by atoms with van der Waals surface area (Å²) in [7, 11) is 0. The highest BCUT2D eigenvalue weighted by atomic mass is 15.0. The van der Waals surface area contributed by atoms with E-state index in [0.717, 1.165) is 82.8 Å². The first-order valence-electron chi connectivity index (χ1n) is 18.3. The molecule has 0 spiro atoms. The van der Waals surface area contributed by atoms with Crippen molar-refractivity contribution in [2.75, 3.05) is 0 Å². The molecule has 55 heavy (non-hydrogen) atoms. The maximum Gasteiger partial charge on any atom is 0.0998 e. The molecule has 0 radical (unpaired) electrons. The number of fused-ring (bicyclic) bond motifs is 9. The first-order chi connectivity index (χ1) is 27.2. The highest BCUT2D eigenvalue weighted by molar-refractivity contribution is 6.13. The molecule has 0 N–H and O–H groups in total. The molecule has 0 bridgehead atoms. The number of hydrogen-bond donors (Lipinski definition) is 0. The molecular weight excluding hydrogens is 671 g/mol. The normalized spacial score (nSPS) is 11.6. The number of hydrogen-bond acceptors (Lipinski definition) is 2. The van der Waals surface area contributed by atoms with Gasteiger partial charge in [0, 0.05) is 49.3 Å². The fraction of sp³-hybridized carbons (Fsp3) is 0. The summed E-state index contributed by atoms with van der Waals surface area (Å²) in [5.74, 6) is 0. The smallest absolute Gasteiger partial charge is 0.0998 e. The monoisotopic (exact) mass is 699 g/mol. The molecule has 5 nitrogen and oxygen atoms in total. The van der Waals surface area contributed by atoms with Crippen molar-refractivity contribution in [3.63, 3.8) is 0 Å². The molecule has 11 aromatic rings. The molecule has 254 valence electrons. The van der Waals surface area contributed by atoms with Crippen LogP contribution in [0.4, 0.5) is 0 Å². The summed E-state index contributed by atoms with van der Waals surface area (Å²) in [6.45, 7) is 0. The van der Waals surface area contributed by atoms with Crippen LogP contribution in [-0.2, 0) is 0 Å². The highest BCUT2D eigenvalue weighted by Crippen LogP contribution is 2.40. The van der Waals surface area contributed by atoms with Crippen molar-refractivity contribution < 1.29 is 0 Å². The van der Waals surface area contributed by atoms with Crippen LogP contribution in [0.25, 0.3) is 93.6 Å². The van der Waals surface area contributed by atoms with Gasteiger partial charge in [-0.3, -0.25) is 0 Å². The van der Waals surface area contributed by atoms with E-state index < -0.39 is 0 Å². The minimum absolute atomic E-state index is 0.570. The second-order valence-corrected chi connectivity index (χ2v) is 14.0. The van der Waals surface area contributed by atoms with E-state index in [1.807, 2.05) is 48.5 Å². The van der Waals surface area contributed by atoms with Crippen molar-refractivity contribution in [2.45, 2.75) is 0 Å². The SMILES string of the molecule is N#Cc1cc(-c2ccccc2-n2c3ccccc3c3c(C#N)cccc32)cc(-n2c3ccccc3c3ccc(-n4c5ccccc5c5ccccc54)cc32)c1. The van der Waals surface area contributed by atoms with E-state index >= 15 is 0 Å². The van der Waals surface area contributed by atoms with Crippen LogP contribution in [0, 0.1) is 22.7 Å². The summed E-state index contributed by atoms with van der Waals surface area (Å²) in [6.07, 6.45) is 0. The third-order valence-corrected chi connectivity index (χ3v) is 11.1. The predicted molar refractivity (Wildman–Crippen MR) is 224 cm³/mol. The number of nitriles is 2. The van der Waals surface area contributed by atoms with Crippen molar-refractivity contribution in [3.8, 4) is 40.3 Å². The van der Waals surface area contributed by atoms with Crippen molar-refractivity contribution in [3.05, 3.63) is 187 Å². The Morgan fingerprint density at radius 1 is 0.364 bits per heavy atom. The summed E-state index contributed by atoms with van der Waals surface area (Å²) in [4.78, 5) is 0. The minimum atomic E-state index is 0.570. The summed E-state index contributed by atoms with van der Waals surface area (Å²) in [5, 5.41) is 27.3. The molecule has 5 heteroatoms. The van der Waals surface area contributed by atoms with Crippen molar-refractivity contribution in [1.82, 2.24) is 13.7 Å². The molecule has 0 unspecified atom stereocenters. The lowest BCUT2D eigenvalue weighted by Crippen LogP contribution is -2.00. The summed E-state index contributed by atoms with van der Waals surface area (Å²) in [6, 6.07) is 66.0. The summed E-state index contributed by atoms with van der Waals surface area (Å²) >= 11 is 0. The first-order valence-corrected chi connectivity index (χ1v) is 18.3. The molecule has 3 aromatic heterocycles. The Morgan fingerprint density at radius 3 is 1.56 bits per heavy atom. The van der Waals surface area contributed by atoms with Gasteiger partial charge in [-0.1, -0.05) is 103 Å². The van der Waals surface area contributed by atoms with Gasteiger partial charge in [-0.25, -0.2) is 0 Å². The second-order valence-electron chi connectivity index (χ2n) is 14.0. The predicted octanol–water partition coefficient (Wildman–Crippen LogP) is 12.4. The lowest BCUT2D eigenvalue weighted by molar-refractivity contribution is 1.15. The summed E-state index contributed by atoms with van der Waals surface area (Å²) < 4.78 is 6.90. The maximum atomic E-state index is 10.5. The van der Waals surface area contributed by atoms with E-state index in [4.69, 9.17) is 0 Å². The number of aromatic nitrogens is 3. The molecule has 0 atom stereocenters.